The van der Waals surface area contributed by atoms with Crippen LogP contribution in [0.2, 0.25) is 0 Å². The Balaban J connectivity index is 1.32. The number of benzene rings is 2. The molecule has 10 heteroatoms. The number of nitrogens with one attached hydrogen (secondary N) is 1. The van der Waals surface area contributed by atoms with Gasteiger partial charge in [-0.05, 0) is 96.5 Å². The molecule has 1 spiro atoms. The minimum absolute atomic E-state index is 0.0904. The quantitative estimate of drug-likeness (QED) is 0.208. The molecule has 2 aliphatic heterocycles. The summed E-state index contributed by atoms with van der Waals surface area (Å²) in [6, 6.07) is 12.7. The molecule has 0 unspecified atom stereocenters. The number of carboxylic acid groups (broad SMARTS) is 1. The van der Waals surface area contributed by atoms with Crippen LogP contribution in [0.1, 0.15) is 85.7 Å². The lowest BCUT2D eigenvalue weighted by molar-refractivity contribution is 0.0690. The lowest BCUT2D eigenvalue weighted by atomic mass is 9.86. The van der Waals surface area contributed by atoms with Crippen molar-refractivity contribution in [2.75, 3.05) is 25.0 Å². The molecule has 2 aromatic carbocycles. The van der Waals surface area contributed by atoms with Crippen LogP contribution in [0.3, 0.4) is 0 Å². The number of thiophene rings is 1. The molecule has 4 heterocycles. The van der Waals surface area contributed by atoms with Gasteiger partial charge in [0.1, 0.15) is 11.4 Å². The molecular weight excluding hydrogens is 612 g/mol. The van der Waals surface area contributed by atoms with Crippen molar-refractivity contribution in [3.8, 4) is 27.3 Å². The number of anilines is 1. The number of aromatic nitrogens is 1. The van der Waals surface area contributed by atoms with Crippen LogP contribution in [0, 0.1) is 19.3 Å². The normalized spacial score (nSPS) is 16.4. The van der Waals surface area contributed by atoms with Crippen LogP contribution < -0.4 is 15.8 Å². The highest BCUT2D eigenvalue weighted by molar-refractivity contribution is 7.13. The number of aryl methyl sites for hydroxylation is 2. The van der Waals surface area contributed by atoms with Crippen molar-refractivity contribution in [1.82, 2.24) is 9.88 Å². The number of amides is 2. The molecule has 2 aromatic heterocycles. The largest absolute Gasteiger partial charge is 0.493 e. The maximum atomic E-state index is 14.2. The van der Waals surface area contributed by atoms with Crippen molar-refractivity contribution in [2.24, 2.45) is 11.1 Å². The first-order chi connectivity index (χ1) is 22.7. The first-order valence-electron chi connectivity index (χ1n) is 16.2. The molecule has 0 radical (unpaired) electrons. The number of nitrogens with two attached hydrogens (primary N) is 1. The third-order valence-electron chi connectivity index (χ3n) is 10.0. The SMILES string of the molecule is Cc1cc(CN)cc(C)c1NC(=O)c1cc2c(cc1-c1ccc(C(=O)N3CCC4(CCCC4)C3)nc1C(=O)O)OCCc1ccsc1-2. The Morgan fingerprint density at radius 3 is 2.51 bits per heavy atom. The van der Waals surface area contributed by atoms with Crippen LogP contribution in [0.5, 0.6) is 5.75 Å². The average Bonchev–Trinajstić information content (AvgIpc) is 3.82. The van der Waals surface area contributed by atoms with Crippen LogP contribution in [0.4, 0.5) is 5.69 Å². The van der Waals surface area contributed by atoms with Crippen LogP contribution in [0.25, 0.3) is 21.6 Å². The molecular formula is C37H38N4O5S. The van der Waals surface area contributed by atoms with Crippen LogP contribution in [-0.4, -0.2) is 52.5 Å². The predicted molar refractivity (Wildman–Crippen MR) is 182 cm³/mol. The van der Waals surface area contributed by atoms with Gasteiger partial charge in [0.25, 0.3) is 11.8 Å². The smallest absolute Gasteiger partial charge is 0.355 e. The number of hydrogen-bond acceptors (Lipinski definition) is 7. The standard InChI is InChI=1S/C37H38N4O5S/c1-21-15-23(19-38)16-22(2)31(21)40-34(42)27-17-28-30(46-13-7-24-8-14-47-33(24)28)18-26(27)25-5-6-29(39-32(25)36(44)45)35(43)41-12-11-37(20-41)9-3-4-10-37/h5-6,8,14-18H,3-4,7,9-13,19-20,38H2,1-2H3,(H,40,42)(H,44,45). The zero-order valence-corrected chi connectivity index (χ0v) is 27.5. The lowest BCUT2D eigenvalue weighted by Gasteiger charge is -2.23. The number of hydrogen-bond donors (Lipinski definition) is 3. The van der Waals surface area contributed by atoms with E-state index in [9.17, 15) is 19.5 Å². The number of pyridine rings is 1. The second-order valence-corrected chi connectivity index (χ2v) is 14.0. The number of nitrogens with zero attached hydrogens (tertiary/aromatic N) is 2. The Labute approximate surface area is 277 Å². The minimum Gasteiger partial charge on any atom is -0.493 e. The lowest BCUT2D eigenvalue weighted by Crippen LogP contribution is -2.32. The van der Waals surface area contributed by atoms with Gasteiger partial charge < -0.3 is 25.8 Å². The van der Waals surface area contributed by atoms with Gasteiger partial charge in [0, 0.05) is 58.9 Å². The van der Waals surface area contributed by atoms with Crippen molar-refractivity contribution in [1.29, 1.82) is 0 Å². The molecule has 2 amide bonds. The predicted octanol–water partition coefficient (Wildman–Crippen LogP) is 6.84. The van der Waals surface area contributed by atoms with Gasteiger partial charge in [-0.2, -0.15) is 0 Å². The molecule has 3 aliphatic rings. The summed E-state index contributed by atoms with van der Waals surface area (Å²) in [5.74, 6) is -1.38. The highest BCUT2D eigenvalue weighted by Gasteiger charge is 2.42. The number of aromatic carboxylic acids is 1. The Kier molecular flexibility index (Phi) is 8.09. The fourth-order valence-corrected chi connectivity index (χ4v) is 8.61. The van der Waals surface area contributed by atoms with E-state index in [1.54, 1.807) is 35.6 Å². The third kappa shape index (κ3) is 5.70. The van der Waals surface area contributed by atoms with Crippen molar-refractivity contribution in [3.05, 3.63) is 87.0 Å². The van der Waals surface area contributed by atoms with Gasteiger partial charge in [-0.15, -0.1) is 11.3 Å². The fraction of sp³-hybridized carbons (Fsp3) is 0.351. The van der Waals surface area contributed by atoms with E-state index in [-0.39, 0.29) is 33.8 Å². The highest BCUT2D eigenvalue weighted by Crippen LogP contribution is 2.46. The van der Waals surface area contributed by atoms with E-state index >= 15 is 0 Å². The zero-order chi connectivity index (χ0) is 32.9. The molecule has 2 fully saturated rings. The molecule has 0 atom stereocenters. The molecule has 242 valence electrons. The molecule has 47 heavy (non-hydrogen) atoms. The first-order valence-corrected chi connectivity index (χ1v) is 17.1. The Hall–Kier alpha value is -4.54. The second-order valence-electron chi connectivity index (χ2n) is 13.1. The summed E-state index contributed by atoms with van der Waals surface area (Å²) in [5, 5.41) is 15.5. The molecule has 4 aromatic rings. The summed E-state index contributed by atoms with van der Waals surface area (Å²) in [6.45, 7) is 6.00. The topological polar surface area (TPSA) is 135 Å². The van der Waals surface area contributed by atoms with Crippen molar-refractivity contribution < 1.29 is 24.2 Å². The maximum absolute atomic E-state index is 14.2. The van der Waals surface area contributed by atoms with E-state index in [4.69, 9.17) is 10.5 Å². The van der Waals surface area contributed by atoms with Gasteiger partial charge in [-0.1, -0.05) is 25.0 Å². The van der Waals surface area contributed by atoms with Gasteiger partial charge in [-0.25, -0.2) is 9.78 Å². The summed E-state index contributed by atoms with van der Waals surface area (Å²) in [5.41, 5.74) is 12.0. The van der Waals surface area contributed by atoms with Crippen molar-refractivity contribution in [3.63, 3.8) is 0 Å². The van der Waals surface area contributed by atoms with E-state index in [1.807, 2.05) is 36.3 Å². The summed E-state index contributed by atoms with van der Waals surface area (Å²) < 4.78 is 6.18. The zero-order valence-electron chi connectivity index (χ0n) is 26.7. The second kappa shape index (κ2) is 12.2. The van der Waals surface area contributed by atoms with Gasteiger partial charge in [0.2, 0.25) is 0 Å². The number of carbonyl (C=O) groups is 3. The van der Waals surface area contributed by atoms with Gasteiger partial charge in [0.15, 0.2) is 5.69 Å². The first kappa shape index (κ1) is 31.1. The number of likely N-dealkylation sites (tertiary alicyclic amines) is 1. The average molecular weight is 651 g/mol. The van der Waals surface area contributed by atoms with Gasteiger partial charge in [-0.3, -0.25) is 9.59 Å². The summed E-state index contributed by atoms with van der Waals surface area (Å²) >= 11 is 1.58. The Morgan fingerprint density at radius 1 is 1.02 bits per heavy atom. The van der Waals surface area contributed by atoms with E-state index in [2.05, 4.69) is 16.4 Å². The minimum atomic E-state index is -1.28. The fourth-order valence-electron chi connectivity index (χ4n) is 7.64. The summed E-state index contributed by atoms with van der Waals surface area (Å²) in [6.07, 6.45) is 6.30. The van der Waals surface area contributed by atoms with Gasteiger partial charge in [0.05, 0.1) is 6.61 Å². The molecule has 9 nitrogen and oxygen atoms in total. The molecule has 0 bridgehead atoms. The van der Waals surface area contributed by atoms with Crippen molar-refractivity contribution >= 4 is 34.8 Å². The molecule has 1 saturated carbocycles. The molecule has 4 N–H and O–H groups in total. The molecule has 1 saturated heterocycles. The molecule has 1 aliphatic carbocycles. The molecule has 7 rings (SSSR count). The van der Waals surface area contributed by atoms with E-state index in [0.717, 1.165) is 52.0 Å². The Bertz CT molecular complexity index is 1900. The van der Waals surface area contributed by atoms with E-state index < -0.39 is 11.9 Å². The van der Waals surface area contributed by atoms with Crippen LogP contribution in [0.15, 0.2) is 47.8 Å². The highest BCUT2D eigenvalue weighted by atomic mass is 32.1. The van der Waals surface area contributed by atoms with Crippen molar-refractivity contribution in [2.45, 2.75) is 58.9 Å². The van der Waals surface area contributed by atoms with E-state index in [0.29, 0.717) is 49.7 Å². The van der Waals surface area contributed by atoms with Crippen LogP contribution in [-0.2, 0) is 13.0 Å². The van der Waals surface area contributed by atoms with E-state index in [1.165, 1.54) is 12.8 Å². The monoisotopic (exact) mass is 650 g/mol. The van der Waals surface area contributed by atoms with Crippen LogP contribution >= 0.6 is 11.3 Å². The van der Waals surface area contributed by atoms with Gasteiger partial charge >= 0.3 is 5.97 Å². The Morgan fingerprint density at radius 2 is 1.79 bits per heavy atom. The summed E-state index contributed by atoms with van der Waals surface area (Å²) in [7, 11) is 0. The maximum Gasteiger partial charge on any atom is 0.355 e. The number of carbonyl (C=O) groups excluding carboxylic acids is 2. The third-order valence-corrected chi connectivity index (χ3v) is 11.0. The number of ether oxygens (including phenoxy) is 1. The number of fused-ring (bicyclic) bond motifs is 3. The number of carboxylic acids is 1. The number of rotatable bonds is 6. The summed E-state index contributed by atoms with van der Waals surface area (Å²) in [4.78, 5) is 47.9.